The van der Waals surface area contributed by atoms with E-state index in [1.165, 1.54) is 5.56 Å². The molecule has 150 valence electrons. The number of phenolic OH excluding ortho intramolecular Hbond substituents is 1. The second-order valence-corrected chi connectivity index (χ2v) is 7.60. The van der Waals surface area contributed by atoms with Crippen LogP contribution in [0.25, 0.3) is 10.8 Å². The van der Waals surface area contributed by atoms with Crippen LogP contribution in [-0.4, -0.2) is 16.6 Å². The van der Waals surface area contributed by atoms with Crippen molar-refractivity contribution >= 4 is 10.8 Å². The second kappa shape index (κ2) is 8.98. The first-order valence-electron chi connectivity index (χ1n) is 10.4. The first-order chi connectivity index (χ1) is 14.7. The molecule has 0 aromatic heterocycles. The smallest absolute Gasteiger partial charge is 0.121 e. The van der Waals surface area contributed by atoms with E-state index in [4.69, 9.17) is 0 Å². The molecular formula is C28H27NO. The molecule has 1 N–H and O–H groups in total. The van der Waals surface area contributed by atoms with E-state index in [1.807, 2.05) is 42.5 Å². The summed E-state index contributed by atoms with van der Waals surface area (Å²) >= 11 is 0. The van der Waals surface area contributed by atoms with Crippen molar-refractivity contribution in [2.24, 2.45) is 0 Å². The number of nitrogens with zero attached hydrogens (tertiary/aromatic N) is 1. The summed E-state index contributed by atoms with van der Waals surface area (Å²) in [4.78, 5) is 2.40. The van der Waals surface area contributed by atoms with Crippen LogP contribution in [-0.2, 0) is 0 Å². The second-order valence-electron chi connectivity index (χ2n) is 7.60. The number of fused-ring (bicyclic) bond motifs is 1. The van der Waals surface area contributed by atoms with Gasteiger partial charge >= 0.3 is 0 Å². The Kier molecular flexibility index (Phi) is 5.97. The lowest BCUT2D eigenvalue weighted by Gasteiger charge is -2.37. The zero-order valence-electron chi connectivity index (χ0n) is 17.3. The minimum Gasteiger partial charge on any atom is -0.508 e. The third-order valence-electron chi connectivity index (χ3n) is 5.79. The van der Waals surface area contributed by atoms with Gasteiger partial charge in [-0.25, -0.2) is 0 Å². The number of phenols is 1. The molecule has 0 aliphatic carbocycles. The minimum atomic E-state index is -0.120. The lowest BCUT2D eigenvalue weighted by molar-refractivity contribution is 0.186. The topological polar surface area (TPSA) is 23.5 Å². The van der Waals surface area contributed by atoms with Crippen LogP contribution in [0.2, 0.25) is 0 Å². The molecule has 0 radical (unpaired) electrons. The van der Waals surface area contributed by atoms with Gasteiger partial charge in [-0.05, 0) is 34.9 Å². The van der Waals surface area contributed by atoms with Crippen LogP contribution in [0.15, 0.2) is 110 Å². The molecule has 0 aliphatic rings. The molecule has 0 saturated heterocycles. The summed E-state index contributed by atoms with van der Waals surface area (Å²) in [5.41, 5.74) is 3.32. The highest BCUT2D eigenvalue weighted by Gasteiger charge is 2.30. The van der Waals surface area contributed by atoms with Crippen LogP contribution in [0.5, 0.6) is 5.75 Å². The molecule has 4 aromatic carbocycles. The van der Waals surface area contributed by atoms with Gasteiger partial charge in [0.1, 0.15) is 5.75 Å². The van der Waals surface area contributed by atoms with Gasteiger partial charge in [-0.2, -0.15) is 0 Å². The lowest BCUT2D eigenvalue weighted by atomic mass is 9.90. The minimum absolute atomic E-state index is 0.120. The fourth-order valence-corrected chi connectivity index (χ4v) is 4.29. The van der Waals surface area contributed by atoms with Crippen molar-refractivity contribution in [3.8, 4) is 5.75 Å². The number of hydrogen-bond donors (Lipinski definition) is 1. The van der Waals surface area contributed by atoms with E-state index >= 15 is 0 Å². The summed E-state index contributed by atoms with van der Waals surface area (Å²) in [6.07, 6.45) is 1.94. The van der Waals surface area contributed by atoms with Gasteiger partial charge in [0.2, 0.25) is 0 Å². The Labute approximate surface area is 178 Å². The maximum atomic E-state index is 11.1. The molecule has 4 aromatic rings. The molecule has 4 rings (SSSR count). The molecule has 2 nitrogen and oxygen atoms in total. The average molecular weight is 394 g/mol. The molecule has 0 unspecified atom stereocenters. The van der Waals surface area contributed by atoms with E-state index in [1.54, 1.807) is 0 Å². The number of aromatic hydroxyl groups is 1. The molecule has 0 spiro atoms. The van der Waals surface area contributed by atoms with Crippen molar-refractivity contribution in [1.29, 1.82) is 0 Å². The summed E-state index contributed by atoms with van der Waals surface area (Å²) in [5, 5.41) is 13.2. The van der Waals surface area contributed by atoms with E-state index in [0.717, 1.165) is 21.9 Å². The van der Waals surface area contributed by atoms with E-state index < -0.39 is 0 Å². The van der Waals surface area contributed by atoms with Crippen LogP contribution in [0.1, 0.15) is 35.7 Å². The van der Waals surface area contributed by atoms with Gasteiger partial charge in [-0.1, -0.05) is 97.1 Å². The standard InChI is InChI=1S/C28H27NO/c1-3-20-29(21(2)22-12-6-4-7-13-22)28(24-15-8-5-9-16-24)27-25-17-11-10-14-23(25)18-19-26(27)30/h3-19,21,28,30H,1,20H2,2H3/t21-,28-/m1/s1. The maximum absolute atomic E-state index is 11.1. The van der Waals surface area contributed by atoms with Gasteiger partial charge < -0.3 is 5.11 Å². The van der Waals surface area contributed by atoms with Crippen LogP contribution < -0.4 is 0 Å². The largest absolute Gasteiger partial charge is 0.508 e. The van der Waals surface area contributed by atoms with Crippen molar-refractivity contribution < 1.29 is 5.11 Å². The van der Waals surface area contributed by atoms with Crippen molar-refractivity contribution in [3.05, 3.63) is 126 Å². The Balaban J connectivity index is 1.95. The third kappa shape index (κ3) is 3.87. The Morgan fingerprint density at radius 2 is 1.40 bits per heavy atom. The van der Waals surface area contributed by atoms with E-state index in [-0.39, 0.29) is 12.1 Å². The van der Waals surface area contributed by atoms with Gasteiger partial charge in [0.25, 0.3) is 0 Å². The van der Waals surface area contributed by atoms with Gasteiger partial charge in [-0.15, -0.1) is 6.58 Å². The van der Waals surface area contributed by atoms with Gasteiger partial charge in [0, 0.05) is 18.2 Å². The van der Waals surface area contributed by atoms with Crippen LogP contribution in [0, 0.1) is 0 Å². The molecule has 0 aliphatic heterocycles. The molecule has 30 heavy (non-hydrogen) atoms. The fourth-order valence-electron chi connectivity index (χ4n) is 4.29. The highest BCUT2D eigenvalue weighted by molar-refractivity contribution is 5.88. The summed E-state index contributed by atoms with van der Waals surface area (Å²) < 4.78 is 0. The van der Waals surface area contributed by atoms with Crippen LogP contribution in [0.4, 0.5) is 0 Å². The maximum Gasteiger partial charge on any atom is 0.121 e. The summed E-state index contributed by atoms with van der Waals surface area (Å²) in [7, 11) is 0. The fraction of sp³-hybridized carbons (Fsp3) is 0.143. The third-order valence-corrected chi connectivity index (χ3v) is 5.79. The van der Waals surface area contributed by atoms with E-state index in [2.05, 4.69) is 79.1 Å². The Hall–Kier alpha value is -3.36. The summed E-state index contributed by atoms with van der Waals surface area (Å²) in [6.45, 7) is 6.94. The van der Waals surface area contributed by atoms with E-state index in [0.29, 0.717) is 12.3 Å². The molecule has 0 amide bonds. The highest BCUT2D eigenvalue weighted by Crippen LogP contribution is 2.42. The SMILES string of the molecule is C=CCN([C@H](c1ccccc1)c1c(O)ccc2ccccc12)[C@H](C)c1ccccc1. The van der Waals surface area contributed by atoms with Gasteiger partial charge in [0.05, 0.1) is 6.04 Å². The first-order valence-corrected chi connectivity index (χ1v) is 10.4. The molecule has 2 atom stereocenters. The van der Waals surface area contributed by atoms with Crippen LogP contribution in [0.3, 0.4) is 0 Å². The van der Waals surface area contributed by atoms with Gasteiger partial charge in [0.15, 0.2) is 0 Å². The van der Waals surface area contributed by atoms with Crippen molar-refractivity contribution in [2.75, 3.05) is 6.54 Å². The van der Waals surface area contributed by atoms with Gasteiger partial charge in [-0.3, -0.25) is 4.90 Å². The zero-order valence-corrected chi connectivity index (χ0v) is 17.3. The Morgan fingerprint density at radius 1 is 0.800 bits per heavy atom. The molecule has 0 saturated carbocycles. The summed E-state index contributed by atoms with van der Waals surface area (Å²) in [6, 6.07) is 33.0. The monoisotopic (exact) mass is 393 g/mol. The predicted octanol–water partition coefficient (Wildman–Crippen LogP) is 6.88. The summed E-state index contributed by atoms with van der Waals surface area (Å²) in [5.74, 6) is 0.317. The number of hydrogen-bond acceptors (Lipinski definition) is 2. The Morgan fingerprint density at radius 3 is 2.07 bits per heavy atom. The molecule has 0 bridgehead atoms. The molecule has 0 fully saturated rings. The van der Waals surface area contributed by atoms with Crippen molar-refractivity contribution in [3.63, 3.8) is 0 Å². The lowest BCUT2D eigenvalue weighted by Crippen LogP contribution is -2.32. The van der Waals surface area contributed by atoms with Crippen molar-refractivity contribution in [2.45, 2.75) is 19.0 Å². The number of benzene rings is 4. The average Bonchev–Trinajstić information content (AvgIpc) is 2.81. The van der Waals surface area contributed by atoms with E-state index in [9.17, 15) is 5.11 Å². The molecular weight excluding hydrogens is 366 g/mol. The first kappa shape index (κ1) is 19.9. The van der Waals surface area contributed by atoms with Crippen molar-refractivity contribution in [1.82, 2.24) is 4.90 Å². The normalized spacial score (nSPS) is 13.3. The zero-order chi connectivity index (χ0) is 20.9. The quantitative estimate of drug-likeness (QED) is 0.346. The Bertz CT molecular complexity index is 1120. The predicted molar refractivity (Wildman–Crippen MR) is 126 cm³/mol. The highest BCUT2D eigenvalue weighted by atomic mass is 16.3. The van der Waals surface area contributed by atoms with Crippen LogP contribution >= 0.6 is 0 Å². The molecule has 0 heterocycles. The molecule has 2 heteroatoms. The number of rotatable bonds is 7.